The van der Waals surface area contributed by atoms with Crippen LogP contribution in [0.1, 0.15) is 26.3 Å². The zero-order valence-corrected chi connectivity index (χ0v) is 9.08. The van der Waals surface area contributed by atoms with E-state index in [1.54, 1.807) is 19.3 Å². The summed E-state index contributed by atoms with van der Waals surface area (Å²) in [6.45, 7) is 6.73. The Kier molecular flexibility index (Phi) is 7.65. The molecular formula is C11H18N2O. The number of hydrogen-bond donors (Lipinski definition) is 1. The number of rotatable bonds is 4. The maximum Gasteiger partial charge on any atom is 0.143 e. The smallest absolute Gasteiger partial charge is 0.143 e. The topological polar surface area (TPSA) is 42.0 Å². The van der Waals surface area contributed by atoms with Crippen LogP contribution in [0.4, 0.5) is 0 Å². The Morgan fingerprint density at radius 1 is 1.36 bits per heavy atom. The van der Waals surface area contributed by atoms with Gasteiger partial charge in [0.05, 0.1) is 6.54 Å². The standard InChI is InChI=1S/C9H12N2O.C2H6/c1-8(12)6-11-7-9-2-4-10-5-3-9;1-2/h2-5,11H,6-7H2,1H3;1-2H3. The van der Waals surface area contributed by atoms with E-state index in [9.17, 15) is 4.79 Å². The van der Waals surface area contributed by atoms with Crippen LogP contribution in [0.15, 0.2) is 24.5 Å². The minimum atomic E-state index is 0.157. The summed E-state index contributed by atoms with van der Waals surface area (Å²) >= 11 is 0. The van der Waals surface area contributed by atoms with Crippen molar-refractivity contribution in [1.29, 1.82) is 0 Å². The van der Waals surface area contributed by atoms with E-state index in [0.717, 1.165) is 12.1 Å². The first-order valence-corrected chi connectivity index (χ1v) is 4.88. The van der Waals surface area contributed by atoms with Crippen LogP contribution in [0, 0.1) is 0 Å². The first-order valence-electron chi connectivity index (χ1n) is 4.88. The van der Waals surface area contributed by atoms with Gasteiger partial charge in [0.1, 0.15) is 5.78 Å². The Morgan fingerprint density at radius 3 is 2.43 bits per heavy atom. The van der Waals surface area contributed by atoms with Gasteiger partial charge < -0.3 is 5.32 Å². The quantitative estimate of drug-likeness (QED) is 0.794. The number of hydrogen-bond acceptors (Lipinski definition) is 3. The summed E-state index contributed by atoms with van der Waals surface area (Å²) in [5.74, 6) is 0.157. The third-order valence-electron chi connectivity index (χ3n) is 1.45. The number of aromatic nitrogens is 1. The molecule has 0 spiro atoms. The normalized spacial score (nSPS) is 8.79. The van der Waals surface area contributed by atoms with Gasteiger partial charge in [0.15, 0.2) is 0 Å². The summed E-state index contributed by atoms with van der Waals surface area (Å²) in [5, 5.41) is 3.02. The van der Waals surface area contributed by atoms with Crippen LogP contribution >= 0.6 is 0 Å². The number of ketones is 1. The van der Waals surface area contributed by atoms with Gasteiger partial charge in [0.2, 0.25) is 0 Å². The molecular weight excluding hydrogens is 176 g/mol. The van der Waals surface area contributed by atoms with Crippen LogP contribution in [0.25, 0.3) is 0 Å². The van der Waals surface area contributed by atoms with Crippen LogP contribution in [0.3, 0.4) is 0 Å². The fourth-order valence-electron chi connectivity index (χ4n) is 0.884. The van der Waals surface area contributed by atoms with Crippen molar-refractivity contribution in [3.05, 3.63) is 30.1 Å². The number of carbonyl (C=O) groups excluding carboxylic acids is 1. The lowest BCUT2D eigenvalue weighted by molar-refractivity contribution is -0.116. The zero-order chi connectivity index (χ0) is 10.8. The van der Waals surface area contributed by atoms with E-state index in [1.807, 2.05) is 26.0 Å². The van der Waals surface area contributed by atoms with Crippen LogP contribution < -0.4 is 5.32 Å². The van der Waals surface area contributed by atoms with Crippen molar-refractivity contribution in [2.45, 2.75) is 27.3 Å². The molecule has 0 amide bonds. The van der Waals surface area contributed by atoms with E-state index in [-0.39, 0.29) is 5.78 Å². The van der Waals surface area contributed by atoms with Gasteiger partial charge in [-0.15, -0.1) is 0 Å². The van der Waals surface area contributed by atoms with Gasteiger partial charge in [0, 0.05) is 18.9 Å². The van der Waals surface area contributed by atoms with Crippen molar-refractivity contribution in [2.75, 3.05) is 6.54 Å². The summed E-state index contributed by atoms with van der Waals surface area (Å²) in [6, 6.07) is 3.85. The predicted molar refractivity (Wildman–Crippen MR) is 58.0 cm³/mol. The molecule has 0 atom stereocenters. The lowest BCUT2D eigenvalue weighted by Gasteiger charge is -2.00. The lowest BCUT2D eigenvalue weighted by atomic mass is 10.3. The van der Waals surface area contributed by atoms with Gasteiger partial charge in [-0.2, -0.15) is 0 Å². The Morgan fingerprint density at radius 2 is 1.93 bits per heavy atom. The third-order valence-corrected chi connectivity index (χ3v) is 1.45. The molecule has 0 aliphatic rings. The fourth-order valence-corrected chi connectivity index (χ4v) is 0.884. The minimum absolute atomic E-state index is 0.157. The first kappa shape index (κ1) is 12.8. The van der Waals surface area contributed by atoms with Gasteiger partial charge in [0.25, 0.3) is 0 Å². The Hall–Kier alpha value is -1.22. The van der Waals surface area contributed by atoms with E-state index in [1.165, 1.54) is 0 Å². The Balaban J connectivity index is 0.000000791. The number of nitrogens with one attached hydrogen (secondary N) is 1. The fraction of sp³-hybridized carbons (Fsp3) is 0.455. The lowest BCUT2D eigenvalue weighted by Crippen LogP contribution is -2.20. The zero-order valence-electron chi connectivity index (χ0n) is 9.08. The molecule has 0 saturated carbocycles. The summed E-state index contributed by atoms with van der Waals surface area (Å²) in [6.07, 6.45) is 3.48. The van der Waals surface area contributed by atoms with E-state index < -0.39 is 0 Å². The number of nitrogens with zero attached hydrogens (tertiary/aromatic N) is 1. The van der Waals surface area contributed by atoms with E-state index in [4.69, 9.17) is 0 Å². The van der Waals surface area contributed by atoms with E-state index in [2.05, 4.69) is 10.3 Å². The second kappa shape index (κ2) is 8.38. The molecule has 0 aliphatic heterocycles. The molecule has 1 rings (SSSR count). The van der Waals surface area contributed by atoms with Crippen molar-refractivity contribution < 1.29 is 4.79 Å². The van der Waals surface area contributed by atoms with Crippen molar-refractivity contribution in [2.24, 2.45) is 0 Å². The molecule has 0 aromatic carbocycles. The second-order valence-corrected chi connectivity index (χ2v) is 2.66. The van der Waals surface area contributed by atoms with Gasteiger partial charge in [-0.25, -0.2) is 0 Å². The Bertz CT molecular complexity index is 247. The highest BCUT2D eigenvalue weighted by molar-refractivity contribution is 5.77. The molecule has 78 valence electrons. The molecule has 0 radical (unpaired) electrons. The van der Waals surface area contributed by atoms with Crippen LogP contribution in [0.5, 0.6) is 0 Å². The summed E-state index contributed by atoms with van der Waals surface area (Å²) in [7, 11) is 0. The van der Waals surface area contributed by atoms with Crippen molar-refractivity contribution in [3.8, 4) is 0 Å². The molecule has 1 aromatic heterocycles. The molecule has 0 saturated heterocycles. The van der Waals surface area contributed by atoms with Gasteiger partial charge >= 0.3 is 0 Å². The third kappa shape index (κ3) is 6.31. The molecule has 1 N–H and O–H groups in total. The van der Waals surface area contributed by atoms with Gasteiger partial charge in [-0.05, 0) is 24.6 Å². The van der Waals surface area contributed by atoms with Crippen LogP contribution in [0.2, 0.25) is 0 Å². The van der Waals surface area contributed by atoms with Crippen LogP contribution in [-0.4, -0.2) is 17.3 Å². The minimum Gasteiger partial charge on any atom is -0.306 e. The summed E-state index contributed by atoms with van der Waals surface area (Å²) in [4.78, 5) is 14.5. The maximum atomic E-state index is 10.6. The highest BCUT2D eigenvalue weighted by Crippen LogP contribution is 1.93. The monoisotopic (exact) mass is 194 g/mol. The molecule has 14 heavy (non-hydrogen) atoms. The molecule has 0 unspecified atom stereocenters. The number of Topliss-reactive ketones (excluding diaryl/α,β-unsaturated/α-hetero) is 1. The molecule has 1 heterocycles. The van der Waals surface area contributed by atoms with E-state index in [0.29, 0.717) is 6.54 Å². The van der Waals surface area contributed by atoms with Crippen LogP contribution in [-0.2, 0) is 11.3 Å². The molecule has 0 aliphatic carbocycles. The molecule has 3 heteroatoms. The summed E-state index contributed by atoms with van der Waals surface area (Å²) < 4.78 is 0. The highest BCUT2D eigenvalue weighted by Gasteiger charge is 1.92. The number of pyridine rings is 1. The van der Waals surface area contributed by atoms with Crippen molar-refractivity contribution in [1.82, 2.24) is 10.3 Å². The SMILES string of the molecule is CC.CC(=O)CNCc1ccncc1. The number of carbonyl (C=O) groups is 1. The highest BCUT2D eigenvalue weighted by atomic mass is 16.1. The second-order valence-electron chi connectivity index (χ2n) is 2.66. The average Bonchev–Trinajstić information content (AvgIpc) is 2.22. The first-order chi connectivity index (χ1) is 6.79. The average molecular weight is 194 g/mol. The predicted octanol–water partition coefficient (Wildman–Crippen LogP) is 1.79. The summed E-state index contributed by atoms with van der Waals surface area (Å²) in [5.41, 5.74) is 1.14. The maximum absolute atomic E-state index is 10.6. The largest absolute Gasteiger partial charge is 0.306 e. The van der Waals surface area contributed by atoms with Crippen molar-refractivity contribution in [3.63, 3.8) is 0 Å². The molecule has 1 aromatic rings. The van der Waals surface area contributed by atoms with Gasteiger partial charge in [-0.3, -0.25) is 9.78 Å². The molecule has 0 bridgehead atoms. The van der Waals surface area contributed by atoms with E-state index >= 15 is 0 Å². The Labute approximate surface area is 85.6 Å². The molecule has 3 nitrogen and oxygen atoms in total. The van der Waals surface area contributed by atoms with Gasteiger partial charge in [-0.1, -0.05) is 13.8 Å². The van der Waals surface area contributed by atoms with Crippen molar-refractivity contribution >= 4 is 5.78 Å². The molecule has 0 fully saturated rings.